The minimum Gasteiger partial charge on any atom is -0.374 e. The van der Waals surface area contributed by atoms with Crippen LogP contribution in [0.3, 0.4) is 0 Å². The van der Waals surface area contributed by atoms with E-state index in [0.29, 0.717) is 30.2 Å². The van der Waals surface area contributed by atoms with Crippen LogP contribution in [-0.2, 0) is 22.8 Å². The Balaban J connectivity index is 1.64. The summed E-state index contributed by atoms with van der Waals surface area (Å²) >= 11 is 5.35. The molecule has 0 aliphatic carbocycles. The van der Waals surface area contributed by atoms with Crippen LogP contribution in [0.25, 0.3) is 11.3 Å². The number of nitrogens with one attached hydrogen (secondary N) is 1. The molecule has 27 heavy (non-hydrogen) atoms. The van der Waals surface area contributed by atoms with Gasteiger partial charge in [-0.05, 0) is 30.3 Å². The van der Waals surface area contributed by atoms with Crippen molar-refractivity contribution in [2.24, 2.45) is 0 Å². The van der Waals surface area contributed by atoms with Gasteiger partial charge in [0.05, 0.1) is 25.5 Å². The minimum atomic E-state index is -0.179. The molecular formula is C21H22N2O3S. The summed E-state index contributed by atoms with van der Waals surface area (Å²) < 4.78 is 13.5. The van der Waals surface area contributed by atoms with Crippen molar-refractivity contribution in [1.29, 1.82) is 0 Å². The average molecular weight is 382 g/mol. The molecule has 0 aliphatic heterocycles. The number of rotatable bonds is 8. The molecule has 1 aromatic heterocycles. The van der Waals surface area contributed by atoms with Crippen LogP contribution in [0.5, 0.6) is 0 Å². The van der Waals surface area contributed by atoms with Gasteiger partial charge < -0.3 is 9.47 Å². The third-order valence-corrected chi connectivity index (χ3v) is 4.50. The van der Waals surface area contributed by atoms with Gasteiger partial charge in [-0.2, -0.15) is 0 Å². The first-order chi connectivity index (χ1) is 13.2. The van der Waals surface area contributed by atoms with E-state index in [1.165, 1.54) is 0 Å². The van der Waals surface area contributed by atoms with Crippen LogP contribution in [0.4, 0.5) is 0 Å². The Bertz CT molecular complexity index is 982. The number of ether oxygens (including phenoxy) is 2. The molecule has 5 nitrogen and oxygen atoms in total. The molecule has 1 heterocycles. The van der Waals surface area contributed by atoms with Crippen molar-refractivity contribution in [2.75, 3.05) is 13.2 Å². The summed E-state index contributed by atoms with van der Waals surface area (Å²) in [4.78, 5) is 14.8. The second kappa shape index (κ2) is 9.41. The first-order valence-electron chi connectivity index (χ1n) is 8.75. The Hall–Kier alpha value is -2.54. The van der Waals surface area contributed by atoms with E-state index >= 15 is 0 Å². The Labute approximate surface area is 163 Å². The SMILES string of the molecule is Cc1c(-c2ccccc2)n(COCCOCc2ccccc2)c(=S)[nH]c1=O. The molecule has 0 spiro atoms. The Morgan fingerprint density at radius 3 is 2.30 bits per heavy atom. The van der Waals surface area contributed by atoms with Gasteiger partial charge in [0.25, 0.3) is 5.56 Å². The monoisotopic (exact) mass is 382 g/mol. The van der Waals surface area contributed by atoms with Gasteiger partial charge in [0, 0.05) is 5.56 Å². The second-order valence-corrected chi connectivity index (χ2v) is 6.49. The maximum Gasteiger partial charge on any atom is 0.255 e. The maximum absolute atomic E-state index is 12.1. The molecule has 0 unspecified atom stereocenters. The molecule has 0 aliphatic rings. The molecule has 0 amide bonds. The number of benzene rings is 2. The van der Waals surface area contributed by atoms with Crippen LogP contribution < -0.4 is 5.56 Å². The van der Waals surface area contributed by atoms with Gasteiger partial charge in [0.15, 0.2) is 4.77 Å². The highest BCUT2D eigenvalue weighted by atomic mass is 32.1. The normalized spacial score (nSPS) is 10.9. The van der Waals surface area contributed by atoms with Crippen molar-refractivity contribution < 1.29 is 9.47 Å². The van der Waals surface area contributed by atoms with Gasteiger partial charge in [-0.25, -0.2) is 0 Å². The second-order valence-electron chi connectivity index (χ2n) is 6.10. The number of aromatic nitrogens is 2. The van der Waals surface area contributed by atoms with Gasteiger partial charge in [-0.1, -0.05) is 60.7 Å². The van der Waals surface area contributed by atoms with Crippen LogP contribution >= 0.6 is 12.2 Å². The van der Waals surface area contributed by atoms with Gasteiger partial charge in [0.2, 0.25) is 0 Å². The molecule has 6 heteroatoms. The average Bonchev–Trinajstić information content (AvgIpc) is 2.69. The van der Waals surface area contributed by atoms with E-state index < -0.39 is 0 Å². The molecule has 0 bridgehead atoms. The topological polar surface area (TPSA) is 56.2 Å². The van der Waals surface area contributed by atoms with Crippen LogP contribution in [0.1, 0.15) is 11.1 Å². The fraction of sp³-hybridized carbons (Fsp3) is 0.238. The lowest BCUT2D eigenvalue weighted by Gasteiger charge is -2.16. The highest BCUT2D eigenvalue weighted by molar-refractivity contribution is 7.71. The van der Waals surface area contributed by atoms with E-state index in [0.717, 1.165) is 16.8 Å². The van der Waals surface area contributed by atoms with Crippen LogP contribution in [-0.4, -0.2) is 22.8 Å². The maximum atomic E-state index is 12.1. The van der Waals surface area contributed by atoms with Gasteiger partial charge in [0.1, 0.15) is 6.73 Å². The molecular weight excluding hydrogens is 360 g/mol. The lowest BCUT2D eigenvalue weighted by atomic mass is 10.1. The summed E-state index contributed by atoms with van der Waals surface area (Å²) in [6.45, 7) is 3.49. The smallest absolute Gasteiger partial charge is 0.255 e. The lowest BCUT2D eigenvalue weighted by Crippen LogP contribution is -2.20. The van der Waals surface area contributed by atoms with E-state index in [-0.39, 0.29) is 12.3 Å². The number of hydrogen-bond donors (Lipinski definition) is 1. The first kappa shape index (κ1) is 19.2. The van der Waals surface area contributed by atoms with Gasteiger partial charge in [-0.3, -0.25) is 14.3 Å². The Kier molecular flexibility index (Phi) is 6.70. The number of H-pyrrole nitrogens is 1. The molecule has 2 aromatic carbocycles. The van der Waals surface area contributed by atoms with E-state index in [1.807, 2.05) is 60.7 Å². The Morgan fingerprint density at radius 1 is 0.963 bits per heavy atom. The van der Waals surface area contributed by atoms with E-state index in [9.17, 15) is 4.79 Å². The van der Waals surface area contributed by atoms with Crippen molar-refractivity contribution in [1.82, 2.24) is 9.55 Å². The van der Waals surface area contributed by atoms with Gasteiger partial charge >= 0.3 is 0 Å². The van der Waals surface area contributed by atoms with Crippen molar-refractivity contribution >= 4 is 12.2 Å². The molecule has 0 saturated heterocycles. The molecule has 3 aromatic rings. The zero-order chi connectivity index (χ0) is 19.1. The fourth-order valence-corrected chi connectivity index (χ4v) is 3.04. The van der Waals surface area contributed by atoms with Crippen molar-refractivity contribution in [2.45, 2.75) is 20.3 Å². The Morgan fingerprint density at radius 2 is 1.59 bits per heavy atom. The highest BCUT2D eigenvalue weighted by Crippen LogP contribution is 2.21. The number of nitrogens with zero attached hydrogens (tertiary/aromatic N) is 1. The molecule has 1 N–H and O–H groups in total. The molecule has 0 atom stereocenters. The molecule has 0 saturated carbocycles. The quantitative estimate of drug-likeness (QED) is 0.471. The van der Waals surface area contributed by atoms with Crippen molar-refractivity contribution in [3.05, 3.63) is 86.9 Å². The highest BCUT2D eigenvalue weighted by Gasteiger charge is 2.12. The molecule has 3 rings (SSSR count). The largest absolute Gasteiger partial charge is 0.374 e. The van der Waals surface area contributed by atoms with Crippen LogP contribution in [0.15, 0.2) is 65.5 Å². The summed E-state index contributed by atoms with van der Waals surface area (Å²) in [6, 6.07) is 19.7. The summed E-state index contributed by atoms with van der Waals surface area (Å²) in [5, 5.41) is 0. The molecule has 140 valence electrons. The third-order valence-electron chi connectivity index (χ3n) is 4.18. The third kappa shape index (κ3) is 5.01. The predicted molar refractivity (Wildman–Crippen MR) is 108 cm³/mol. The van der Waals surface area contributed by atoms with Crippen molar-refractivity contribution in [3.63, 3.8) is 0 Å². The number of aromatic amines is 1. The van der Waals surface area contributed by atoms with Crippen molar-refractivity contribution in [3.8, 4) is 11.3 Å². The molecule has 0 radical (unpaired) electrons. The predicted octanol–water partition coefficient (Wildman–Crippen LogP) is 4.07. The van der Waals surface area contributed by atoms with Crippen LogP contribution in [0.2, 0.25) is 0 Å². The summed E-state index contributed by atoms with van der Waals surface area (Å²) in [5.74, 6) is 0. The van der Waals surface area contributed by atoms with Crippen LogP contribution in [0, 0.1) is 11.7 Å². The molecule has 0 fully saturated rings. The van der Waals surface area contributed by atoms with Gasteiger partial charge in [-0.15, -0.1) is 0 Å². The lowest BCUT2D eigenvalue weighted by molar-refractivity contribution is 0.0132. The standard InChI is InChI=1S/C21H22N2O3S/c1-16-19(18-10-6-3-7-11-18)23(21(27)22-20(16)24)15-26-13-12-25-14-17-8-4-2-5-9-17/h2-11H,12-15H2,1H3,(H,22,24,27). The summed E-state index contributed by atoms with van der Waals surface area (Å²) in [5.41, 5.74) is 3.26. The van der Waals surface area contributed by atoms with E-state index in [1.54, 1.807) is 11.5 Å². The zero-order valence-electron chi connectivity index (χ0n) is 15.2. The zero-order valence-corrected chi connectivity index (χ0v) is 16.0. The fourth-order valence-electron chi connectivity index (χ4n) is 2.80. The summed E-state index contributed by atoms with van der Waals surface area (Å²) in [7, 11) is 0. The van der Waals surface area contributed by atoms with E-state index in [2.05, 4.69) is 4.98 Å². The minimum absolute atomic E-state index is 0.179. The number of hydrogen-bond acceptors (Lipinski definition) is 4. The van der Waals surface area contributed by atoms with E-state index in [4.69, 9.17) is 21.7 Å². The first-order valence-corrected chi connectivity index (χ1v) is 9.16. The summed E-state index contributed by atoms with van der Waals surface area (Å²) in [6.07, 6.45) is 0.